The minimum Gasteiger partial charge on any atom is -0.486 e. The van der Waals surface area contributed by atoms with Crippen molar-refractivity contribution >= 4 is 34.9 Å². The van der Waals surface area contributed by atoms with Gasteiger partial charge in [0.1, 0.15) is 24.8 Å². The summed E-state index contributed by atoms with van der Waals surface area (Å²) in [5.41, 5.74) is 1.07. The minimum absolute atomic E-state index is 0.502. The van der Waals surface area contributed by atoms with E-state index < -0.39 is 0 Å². The fraction of sp³-hybridized carbons (Fsp3) is 0.577. The molecule has 0 amide bonds. The lowest BCUT2D eigenvalue weighted by Gasteiger charge is -2.36. The highest BCUT2D eigenvalue weighted by atomic mass is 32.1. The van der Waals surface area contributed by atoms with Crippen molar-refractivity contribution in [1.29, 1.82) is 0 Å². The molecule has 0 radical (unpaired) electrons. The van der Waals surface area contributed by atoms with Gasteiger partial charge in [0.2, 0.25) is 5.95 Å². The number of ether oxygens (including phenoxy) is 2. The smallest absolute Gasteiger partial charge is 0.232 e. The number of rotatable bonds is 5. The van der Waals surface area contributed by atoms with Gasteiger partial charge in [-0.05, 0) is 67.4 Å². The van der Waals surface area contributed by atoms with Gasteiger partial charge < -0.3 is 29.9 Å². The first kappa shape index (κ1) is 23.9. The Labute approximate surface area is 213 Å². The van der Waals surface area contributed by atoms with E-state index in [1.165, 1.54) is 25.7 Å². The number of anilines is 3. The average molecular weight is 497 g/mol. The number of aromatic nitrogens is 2. The Balaban J connectivity index is 1.29. The lowest BCUT2D eigenvalue weighted by Crippen LogP contribution is -2.40. The summed E-state index contributed by atoms with van der Waals surface area (Å²) in [4.78, 5) is 14.5. The van der Waals surface area contributed by atoms with Gasteiger partial charge in [-0.15, -0.1) is 0 Å². The van der Waals surface area contributed by atoms with Gasteiger partial charge in [0.25, 0.3) is 0 Å². The maximum Gasteiger partial charge on any atom is 0.232 e. The summed E-state index contributed by atoms with van der Waals surface area (Å²) in [6.07, 6.45) is 4.96. The summed E-state index contributed by atoms with van der Waals surface area (Å²) in [5, 5.41) is 7.03. The van der Waals surface area contributed by atoms with Crippen LogP contribution in [0, 0.1) is 11.8 Å². The third kappa shape index (κ3) is 6.07. The van der Waals surface area contributed by atoms with Crippen LogP contribution >= 0.6 is 12.2 Å². The molecule has 2 fully saturated rings. The van der Waals surface area contributed by atoms with Crippen LogP contribution in [-0.4, -0.2) is 54.5 Å². The van der Waals surface area contributed by atoms with Crippen molar-refractivity contribution < 1.29 is 9.47 Å². The lowest BCUT2D eigenvalue weighted by atomic mass is 9.92. The molecule has 1 aromatic carbocycles. The minimum atomic E-state index is 0.502. The molecule has 0 bridgehead atoms. The first-order chi connectivity index (χ1) is 17.0. The normalized spacial score (nSPS) is 22.0. The SMILES string of the molecule is C[C@H]1C[C@H](C)CN(c2cc(N3CCCCC3)nc(NC(=S)NCc3ccc4c(c3)OCCO4)n2)C1. The van der Waals surface area contributed by atoms with Crippen LogP contribution in [0.1, 0.15) is 45.1 Å². The van der Waals surface area contributed by atoms with Crippen LogP contribution in [-0.2, 0) is 6.54 Å². The van der Waals surface area contributed by atoms with Crippen molar-refractivity contribution in [3.63, 3.8) is 0 Å². The van der Waals surface area contributed by atoms with Gasteiger partial charge in [0.15, 0.2) is 16.6 Å². The molecule has 188 valence electrons. The van der Waals surface area contributed by atoms with Crippen LogP contribution < -0.4 is 29.9 Å². The van der Waals surface area contributed by atoms with Gasteiger partial charge in [0.05, 0.1) is 0 Å². The number of thiocarbonyl (C=S) groups is 1. The third-order valence-corrected chi connectivity index (χ3v) is 7.10. The predicted octanol–water partition coefficient (Wildman–Crippen LogP) is 4.21. The highest BCUT2D eigenvalue weighted by Crippen LogP contribution is 2.31. The highest BCUT2D eigenvalue weighted by molar-refractivity contribution is 7.80. The lowest BCUT2D eigenvalue weighted by molar-refractivity contribution is 0.171. The van der Waals surface area contributed by atoms with Gasteiger partial charge >= 0.3 is 0 Å². The van der Waals surface area contributed by atoms with Gasteiger partial charge in [-0.2, -0.15) is 9.97 Å². The van der Waals surface area contributed by atoms with E-state index in [1.807, 2.05) is 18.2 Å². The van der Waals surface area contributed by atoms with Gasteiger partial charge in [0, 0.05) is 38.8 Å². The maximum atomic E-state index is 5.69. The van der Waals surface area contributed by atoms with Gasteiger partial charge in [-0.1, -0.05) is 19.9 Å². The standard InChI is InChI=1S/C26H36N6O2S/c1-18-12-19(2)17-32(16-18)24-14-23(31-8-4-3-5-9-31)28-25(29-24)30-26(35)27-15-20-6-7-21-22(13-20)34-11-10-33-21/h6-7,13-14,18-19H,3-5,8-12,15-17H2,1-2H3,(H2,27,28,29,30,35)/t18-,19-/m0/s1. The molecule has 8 nitrogen and oxygen atoms in total. The number of hydrogen-bond donors (Lipinski definition) is 2. The van der Waals surface area contributed by atoms with E-state index >= 15 is 0 Å². The summed E-state index contributed by atoms with van der Waals surface area (Å²) in [6.45, 7) is 10.5. The predicted molar refractivity (Wildman–Crippen MR) is 144 cm³/mol. The molecule has 4 heterocycles. The quantitative estimate of drug-likeness (QED) is 0.592. The second-order valence-corrected chi connectivity index (χ2v) is 10.5. The Kier molecular flexibility index (Phi) is 7.41. The summed E-state index contributed by atoms with van der Waals surface area (Å²) < 4.78 is 11.3. The molecule has 2 aromatic rings. The summed E-state index contributed by atoms with van der Waals surface area (Å²) in [7, 11) is 0. The van der Waals surface area contributed by atoms with E-state index in [1.54, 1.807) is 0 Å². The number of nitrogens with zero attached hydrogens (tertiary/aromatic N) is 4. The largest absolute Gasteiger partial charge is 0.486 e. The number of nitrogens with one attached hydrogen (secondary N) is 2. The molecule has 35 heavy (non-hydrogen) atoms. The van der Waals surface area contributed by atoms with Crippen LogP contribution in [0.25, 0.3) is 0 Å². The zero-order valence-corrected chi connectivity index (χ0v) is 21.6. The van der Waals surface area contributed by atoms with Crippen LogP contribution in [0.15, 0.2) is 24.3 Å². The second-order valence-electron chi connectivity index (χ2n) is 10.1. The average Bonchev–Trinajstić information content (AvgIpc) is 2.87. The van der Waals surface area contributed by atoms with E-state index in [9.17, 15) is 0 Å². The Hall–Kier alpha value is -2.81. The number of hydrogen-bond acceptors (Lipinski definition) is 7. The summed E-state index contributed by atoms with van der Waals surface area (Å²) in [6, 6.07) is 8.12. The molecule has 2 saturated heterocycles. The number of fused-ring (bicyclic) bond motifs is 1. The van der Waals surface area contributed by atoms with Crippen LogP contribution in [0.4, 0.5) is 17.6 Å². The molecule has 2 atom stereocenters. The molecule has 1 aromatic heterocycles. The Bertz CT molecular complexity index is 1030. The second kappa shape index (κ2) is 10.8. The fourth-order valence-corrected chi connectivity index (χ4v) is 5.46. The Morgan fingerprint density at radius 3 is 2.37 bits per heavy atom. The first-order valence-corrected chi connectivity index (χ1v) is 13.3. The van der Waals surface area contributed by atoms with Crippen molar-refractivity contribution in [3.8, 4) is 11.5 Å². The maximum absolute atomic E-state index is 5.69. The molecular formula is C26H36N6O2S. The van der Waals surface area contributed by atoms with E-state index in [0.717, 1.165) is 54.9 Å². The monoisotopic (exact) mass is 496 g/mol. The highest BCUT2D eigenvalue weighted by Gasteiger charge is 2.25. The number of benzene rings is 1. The zero-order chi connectivity index (χ0) is 24.2. The molecular weight excluding hydrogens is 460 g/mol. The van der Waals surface area contributed by atoms with Crippen molar-refractivity contribution in [2.45, 2.75) is 46.1 Å². The van der Waals surface area contributed by atoms with E-state index in [2.05, 4.69) is 40.3 Å². The molecule has 2 N–H and O–H groups in total. The summed E-state index contributed by atoms with van der Waals surface area (Å²) in [5.74, 6) is 5.39. The fourth-order valence-electron chi connectivity index (χ4n) is 5.30. The third-order valence-electron chi connectivity index (χ3n) is 6.86. The van der Waals surface area contributed by atoms with Gasteiger partial charge in [-0.3, -0.25) is 0 Å². The van der Waals surface area contributed by atoms with Crippen molar-refractivity contribution in [2.75, 3.05) is 54.5 Å². The summed E-state index contributed by atoms with van der Waals surface area (Å²) >= 11 is 5.61. The molecule has 3 aliphatic heterocycles. The molecule has 0 spiro atoms. The van der Waals surface area contributed by atoms with E-state index in [4.69, 9.17) is 31.7 Å². The van der Waals surface area contributed by atoms with Gasteiger partial charge in [-0.25, -0.2) is 0 Å². The van der Waals surface area contributed by atoms with Crippen molar-refractivity contribution in [3.05, 3.63) is 29.8 Å². The molecule has 5 rings (SSSR count). The number of piperidine rings is 2. The van der Waals surface area contributed by atoms with E-state index in [0.29, 0.717) is 42.7 Å². The topological polar surface area (TPSA) is 74.8 Å². The molecule has 3 aliphatic rings. The molecule has 0 saturated carbocycles. The van der Waals surface area contributed by atoms with Crippen molar-refractivity contribution in [1.82, 2.24) is 15.3 Å². The molecule has 0 unspecified atom stereocenters. The van der Waals surface area contributed by atoms with Crippen LogP contribution in [0.3, 0.4) is 0 Å². The molecule has 9 heteroatoms. The van der Waals surface area contributed by atoms with Crippen LogP contribution in [0.2, 0.25) is 0 Å². The van der Waals surface area contributed by atoms with Crippen molar-refractivity contribution in [2.24, 2.45) is 11.8 Å². The Morgan fingerprint density at radius 1 is 0.943 bits per heavy atom. The Morgan fingerprint density at radius 2 is 1.63 bits per heavy atom. The van der Waals surface area contributed by atoms with E-state index in [-0.39, 0.29) is 0 Å². The zero-order valence-electron chi connectivity index (χ0n) is 20.8. The molecule has 0 aliphatic carbocycles. The first-order valence-electron chi connectivity index (χ1n) is 12.9. The van der Waals surface area contributed by atoms with Crippen LogP contribution in [0.5, 0.6) is 11.5 Å².